The molecular formula is C17H20F3NO3. The van der Waals surface area contributed by atoms with E-state index >= 15 is 0 Å². The molecule has 0 aromatic heterocycles. The highest BCUT2D eigenvalue weighted by atomic mass is 19.4. The SMILES string of the molecule is CCC(C(=O)N1CCC(C)(C(=O)O)C1)c1cccc(C(F)(F)F)c1. The van der Waals surface area contributed by atoms with E-state index < -0.39 is 29.0 Å². The van der Waals surface area contributed by atoms with Crippen LogP contribution in [0.2, 0.25) is 0 Å². The van der Waals surface area contributed by atoms with E-state index in [-0.39, 0.29) is 12.5 Å². The summed E-state index contributed by atoms with van der Waals surface area (Å²) >= 11 is 0. The summed E-state index contributed by atoms with van der Waals surface area (Å²) in [5.41, 5.74) is -1.48. The van der Waals surface area contributed by atoms with Gasteiger partial charge in [0.05, 0.1) is 16.9 Å². The Labute approximate surface area is 138 Å². The van der Waals surface area contributed by atoms with Crippen LogP contribution in [0.15, 0.2) is 24.3 Å². The monoisotopic (exact) mass is 343 g/mol. The van der Waals surface area contributed by atoms with Crippen LogP contribution in [0.4, 0.5) is 13.2 Å². The smallest absolute Gasteiger partial charge is 0.416 e. The molecule has 1 fully saturated rings. The Bertz CT molecular complexity index is 644. The van der Waals surface area contributed by atoms with Gasteiger partial charge in [0.2, 0.25) is 5.91 Å². The molecule has 1 N–H and O–H groups in total. The lowest BCUT2D eigenvalue weighted by Gasteiger charge is -2.25. The zero-order chi connectivity index (χ0) is 18.1. The van der Waals surface area contributed by atoms with Gasteiger partial charge in [-0.3, -0.25) is 9.59 Å². The first kappa shape index (κ1) is 18.3. The fraction of sp³-hybridized carbons (Fsp3) is 0.529. The van der Waals surface area contributed by atoms with Crippen molar-refractivity contribution in [2.24, 2.45) is 5.41 Å². The third kappa shape index (κ3) is 3.55. The van der Waals surface area contributed by atoms with Crippen LogP contribution < -0.4 is 0 Å². The number of carboxylic acid groups (broad SMARTS) is 1. The Balaban J connectivity index is 2.23. The molecule has 1 aromatic carbocycles. The first-order valence-corrected chi connectivity index (χ1v) is 7.78. The van der Waals surface area contributed by atoms with Crippen LogP contribution in [0.25, 0.3) is 0 Å². The molecule has 2 rings (SSSR count). The van der Waals surface area contributed by atoms with E-state index in [1.54, 1.807) is 13.8 Å². The molecule has 1 heterocycles. The van der Waals surface area contributed by atoms with Gasteiger partial charge in [-0.2, -0.15) is 13.2 Å². The second-order valence-corrected chi connectivity index (χ2v) is 6.46. The molecule has 2 unspecified atom stereocenters. The highest BCUT2D eigenvalue weighted by molar-refractivity contribution is 5.85. The van der Waals surface area contributed by atoms with Crippen molar-refractivity contribution in [1.29, 1.82) is 0 Å². The Morgan fingerprint density at radius 1 is 1.38 bits per heavy atom. The molecule has 0 saturated carbocycles. The Morgan fingerprint density at radius 2 is 2.04 bits per heavy atom. The zero-order valence-electron chi connectivity index (χ0n) is 13.6. The van der Waals surface area contributed by atoms with E-state index in [4.69, 9.17) is 0 Å². The summed E-state index contributed by atoms with van der Waals surface area (Å²) in [6.45, 7) is 3.69. The van der Waals surface area contributed by atoms with Gasteiger partial charge >= 0.3 is 12.1 Å². The van der Waals surface area contributed by atoms with E-state index in [9.17, 15) is 27.9 Å². The normalized spacial score (nSPS) is 22.5. The highest BCUT2D eigenvalue weighted by Crippen LogP contribution is 2.35. The number of rotatable bonds is 4. The van der Waals surface area contributed by atoms with Gasteiger partial charge in [0, 0.05) is 13.1 Å². The number of halogens is 3. The number of carboxylic acids is 1. The van der Waals surface area contributed by atoms with Crippen molar-refractivity contribution in [1.82, 2.24) is 4.90 Å². The van der Waals surface area contributed by atoms with Crippen molar-refractivity contribution in [2.75, 3.05) is 13.1 Å². The van der Waals surface area contributed by atoms with Crippen LogP contribution in [0, 0.1) is 5.41 Å². The number of benzene rings is 1. The average Bonchev–Trinajstić information content (AvgIpc) is 2.91. The van der Waals surface area contributed by atoms with Gasteiger partial charge < -0.3 is 10.0 Å². The van der Waals surface area contributed by atoms with Crippen molar-refractivity contribution in [2.45, 2.75) is 38.8 Å². The molecule has 0 spiro atoms. The third-order valence-electron chi connectivity index (χ3n) is 4.62. The highest BCUT2D eigenvalue weighted by Gasteiger charge is 2.43. The topological polar surface area (TPSA) is 57.6 Å². The van der Waals surface area contributed by atoms with Crippen LogP contribution in [0.3, 0.4) is 0 Å². The zero-order valence-corrected chi connectivity index (χ0v) is 13.6. The number of carbonyl (C=O) groups excluding carboxylic acids is 1. The standard InChI is InChI=1S/C17H20F3NO3/c1-3-13(11-5-4-6-12(9-11)17(18,19)20)14(22)21-8-7-16(2,10-21)15(23)24/h4-6,9,13H,3,7-8,10H2,1-2H3,(H,23,24). The van der Waals surface area contributed by atoms with Crippen LogP contribution in [0.5, 0.6) is 0 Å². The molecule has 4 nitrogen and oxygen atoms in total. The molecule has 1 saturated heterocycles. The predicted molar refractivity (Wildman–Crippen MR) is 81.4 cm³/mol. The summed E-state index contributed by atoms with van der Waals surface area (Å²) in [7, 11) is 0. The summed E-state index contributed by atoms with van der Waals surface area (Å²) in [6.07, 6.45) is -3.78. The van der Waals surface area contributed by atoms with E-state index in [2.05, 4.69) is 0 Å². The van der Waals surface area contributed by atoms with Crippen molar-refractivity contribution in [3.63, 3.8) is 0 Å². The molecule has 1 aromatic rings. The minimum absolute atomic E-state index is 0.0800. The quantitative estimate of drug-likeness (QED) is 0.910. The number of amides is 1. The minimum Gasteiger partial charge on any atom is -0.481 e. The minimum atomic E-state index is -4.47. The number of hydrogen-bond donors (Lipinski definition) is 1. The number of nitrogens with zero attached hydrogens (tertiary/aromatic N) is 1. The van der Waals surface area contributed by atoms with Crippen molar-refractivity contribution >= 4 is 11.9 Å². The first-order chi connectivity index (χ1) is 11.1. The van der Waals surface area contributed by atoms with E-state index in [1.165, 1.54) is 17.0 Å². The fourth-order valence-electron chi connectivity index (χ4n) is 3.03. The summed E-state index contributed by atoms with van der Waals surface area (Å²) in [5.74, 6) is -1.99. The average molecular weight is 343 g/mol. The molecule has 132 valence electrons. The summed E-state index contributed by atoms with van der Waals surface area (Å²) in [5, 5.41) is 9.25. The first-order valence-electron chi connectivity index (χ1n) is 7.78. The fourth-order valence-corrected chi connectivity index (χ4v) is 3.03. The summed E-state index contributed by atoms with van der Waals surface area (Å²) in [4.78, 5) is 25.4. The van der Waals surface area contributed by atoms with Gasteiger partial charge in [-0.25, -0.2) is 0 Å². The Morgan fingerprint density at radius 3 is 2.54 bits per heavy atom. The van der Waals surface area contributed by atoms with Crippen molar-refractivity contribution < 1.29 is 27.9 Å². The number of alkyl halides is 3. The van der Waals surface area contributed by atoms with Crippen LogP contribution in [-0.2, 0) is 15.8 Å². The number of hydrogen-bond acceptors (Lipinski definition) is 2. The van der Waals surface area contributed by atoms with Gasteiger partial charge in [0.1, 0.15) is 0 Å². The maximum atomic E-state index is 12.9. The maximum absolute atomic E-state index is 12.9. The van der Waals surface area contributed by atoms with E-state index in [0.717, 1.165) is 12.1 Å². The Kier molecular flexibility index (Phi) is 4.92. The van der Waals surface area contributed by atoms with E-state index in [0.29, 0.717) is 24.9 Å². The molecular weight excluding hydrogens is 323 g/mol. The van der Waals surface area contributed by atoms with Gasteiger partial charge in [0.15, 0.2) is 0 Å². The number of aliphatic carboxylic acids is 1. The molecule has 24 heavy (non-hydrogen) atoms. The molecule has 7 heteroatoms. The molecule has 0 bridgehead atoms. The lowest BCUT2D eigenvalue weighted by molar-refractivity contribution is -0.147. The van der Waals surface area contributed by atoms with Gasteiger partial charge in [-0.05, 0) is 31.4 Å². The second kappa shape index (κ2) is 6.45. The molecule has 1 aliphatic heterocycles. The largest absolute Gasteiger partial charge is 0.481 e. The number of carbonyl (C=O) groups is 2. The molecule has 2 atom stereocenters. The maximum Gasteiger partial charge on any atom is 0.416 e. The molecule has 1 amide bonds. The lowest BCUT2D eigenvalue weighted by atomic mass is 9.90. The van der Waals surface area contributed by atoms with Gasteiger partial charge in [-0.15, -0.1) is 0 Å². The Hall–Kier alpha value is -2.05. The molecule has 0 radical (unpaired) electrons. The predicted octanol–water partition coefficient (Wildman–Crippen LogP) is 3.52. The lowest BCUT2D eigenvalue weighted by Crippen LogP contribution is -2.37. The summed E-state index contributed by atoms with van der Waals surface area (Å²) < 4.78 is 38.6. The number of likely N-dealkylation sites (tertiary alicyclic amines) is 1. The third-order valence-corrected chi connectivity index (χ3v) is 4.62. The van der Waals surface area contributed by atoms with Crippen LogP contribution in [0.1, 0.15) is 43.7 Å². The van der Waals surface area contributed by atoms with Gasteiger partial charge in [-0.1, -0.05) is 25.1 Å². The van der Waals surface area contributed by atoms with Crippen molar-refractivity contribution in [3.05, 3.63) is 35.4 Å². The van der Waals surface area contributed by atoms with Gasteiger partial charge in [0.25, 0.3) is 0 Å². The molecule has 1 aliphatic rings. The summed E-state index contributed by atoms with van der Waals surface area (Å²) in [6, 6.07) is 4.77. The second-order valence-electron chi connectivity index (χ2n) is 6.46. The van der Waals surface area contributed by atoms with Crippen molar-refractivity contribution in [3.8, 4) is 0 Å². The van der Waals surface area contributed by atoms with E-state index in [1.807, 2.05) is 0 Å². The van der Waals surface area contributed by atoms with Crippen LogP contribution >= 0.6 is 0 Å². The van der Waals surface area contributed by atoms with Crippen LogP contribution in [-0.4, -0.2) is 35.0 Å². The molecule has 0 aliphatic carbocycles.